The van der Waals surface area contributed by atoms with Gasteiger partial charge in [-0.1, -0.05) is 51.1 Å². The van der Waals surface area contributed by atoms with Crippen molar-refractivity contribution in [1.29, 1.82) is 0 Å². The smallest absolute Gasteiger partial charge is 0.334 e. The van der Waals surface area contributed by atoms with E-state index in [0.29, 0.717) is 0 Å². The van der Waals surface area contributed by atoms with Crippen LogP contribution in [-0.2, 0) is 20.6 Å². The summed E-state index contributed by atoms with van der Waals surface area (Å²) in [6.07, 6.45) is -0.435. The first kappa shape index (κ1) is 18.9. The molecule has 0 radical (unpaired) electrons. The summed E-state index contributed by atoms with van der Waals surface area (Å²) in [5.74, 6) is -0.400. The van der Waals surface area contributed by atoms with Crippen molar-refractivity contribution < 1.29 is 19.1 Å². The quantitative estimate of drug-likeness (QED) is 0.616. The lowest BCUT2D eigenvalue weighted by atomic mass is 10.2. The molecule has 1 atom stereocenters. The highest BCUT2D eigenvalue weighted by molar-refractivity contribution is 6.74. The van der Waals surface area contributed by atoms with E-state index in [-0.39, 0.29) is 24.7 Å². The topological polar surface area (TPSA) is 55.8 Å². The van der Waals surface area contributed by atoms with Crippen molar-refractivity contribution >= 4 is 14.3 Å². The van der Waals surface area contributed by atoms with Crippen molar-refractivity contribution in [3.63, 3.8) is 0 Å². The first-order valence-electron chi connectivity index (χ1n) is 7.66. The van der Waals surface area contributed by atoms with Crippen molar-refractivity contribution in [2.75, 3.05) is 6.61 Å². The van der Waals surface area contributed by atoms with Crippen molar-refractivity contribution in [3.05, 3.63) is 35.9 Å². The summed E-state index contributed by atoms with van der Waals surface area (Å²) in [6.45, 7) is 10.6. The van der Waals surface area contributed by atoms with Crippen LogP contribution in [0, 0.1) is 0 Å². The lowest BCUT2D eigenvalue weighted by molar-refractivity contribution is -0.154. The number of hydrogen-bond donors (Lipinski definition) is 1. The normalized spacial score (nSPS) is 13.7. The van der Waals surface area contributed by atoms with Gasteiger partial charge in [-0.2, -0.15) is 0 Å². The molecule has 0 aromatic heterocycles. The molecule has 1 N–H and O–H groups in total. The van der Waals surface area contributed by atoms with Crippen LogP contribution in [0.4, 0.5) is 0 Å². The predicted molar refractivity (Wildman–Crippen MR) is 90.0 cm³/mol. The number of esters is 1. The van der Waals surface area contributed by atoms with E-state index in [1.165, 1.54) is 0 Å². The van der Waals surface area contributed by atoms with Crippen LogP contribution in [0.25, 0.3) is 0 Å². The van der Waals surface area contributed by atoms with Crippen LogP contribution in [0.2, 0.25) is 18.1 Å². The highest BCUT2D eigenvalue weighted by atomic mass is 28.4. The minimum Gasteiger partial charge on any atom is -0.459 e. The standard InChI is InChI=1S/C17H28O4Si/c1-17(2,3)22(4,5)21-15(11-12-18)16(19)20-13-14-9-7-6-8-10-14/h6-10,15,18H,11-13H2,1-5H3/t15-/m0/s1. The minimum atomic E-state index is -2.09. The second-order valence-electron chi connectivity index (χ2n) is 6.97. The molecule has 1 aromatic rings. The van der Waals surface area contributed by atoms with E-state index in [4.69, 9.17) is 9.16 Å². The third-order valence-corrected chi connectivity index (χ3v) is 8.61. The van der Waals surface area contributed by atoms with E-state index >= 15 is 0 Å². The predicted octanol–water partition coefficient (Wildman–Crippen LogP) is 3.50. The molecule has 0 bridgehead atoms. The minimum absolute atomic E-state index is 0.000412. The molecule has 0 fully saturated rings. The SMILES string of the molecule is CC(C)(C)[Si](C)(C)O[C@@H](CCO)C(=O)OCc1ccccc1. The summed E-state index contributed by atoms with van der Waals surface area (Å²) < 4.78 is 11.4. The summed E-state index contributed by atoms with van der Waals surface area (Å²) in [4.78, 5) is 12.3. The van der Waals surface area contributed by atoms with Crippen molar-refractivity contribution in [3.8, 4) is 0 Å². The molecule has 0 unspecified atom stereocenters. The zero-order valence-electron chi connectivity index (χ0n) is 14.3. The Kier molecular flexibility index (Phi) is 6.78. The van der Waals surface area contributed by atoms with Gasteiger partial charge in [-0.25, -0.2) is 4.79 Å². The van der Waals surface area contributed by atoms with E-state index in [1.54, 1.807) is 0 Å². The largest absolute Gasteiger partial charge is 0.459 e. The number of benzene rings is 1. The maximum Gasteiger partial charge on any atom is 0.334 e. The maximum atomic E-state index is 12.3. The Labute approximate surface area is 134 Å². The van der Waals surface area contributed by atoms with Gasteiger partial charge < -0.3 is 14.3 Å². The molecule has 0 spiro atoms. The highest BCUT2D eigenvalue weighted by Crippen LogP contribution is 2.37. The first-order valence-corrected chi connectivity index (χ1v) is 10.6. The van der Waals surface area contributed by atoms with Gasteiger partial charge in [-0.15, -0.1) is 0 Å². The molecule has 0 amide bonds. The number of aliphatic hydroxyl groups excluding tert-OH is 1. The van der Waals surface area contributed by atoms with Gasteiger partial charge in [0.1, 0.15) is 12.7 Å². The summed E-state index contributed by atoms with van der Waals surface area (Å²) in [5, 5.41) is 9.20. The van der Waals surface area contributed by atoms with E-state index in [0.717, 1.165) is 5.56 Å². The molecule has 4 nitrogen and oxygen atoms in total. The molecule has 0 aliphatic rings. The van der Waals surface area contributed by atoms with Gasteiger partial charge in [0.25, 0.3) is 0 Å². The van der Waals surface area contributed by atoms with Gasteiger partial charge in [-0.05, 0) is 23.7 Å². The van der Waals surface area contributed by atoms with Crippen molar-refractivity contribution in [1.82, 2.24) is 0 Å². The summed E-state index contributed by atoms with van der Waals surface area (Å²) in [6, 6.07) is 9.54. The van der Waals surface area contributed by atoms with Gasteiger partial charge in [0.15, 0.2) is 8.32 Å². The lowest BCUT2D eigenvalue weighted by Crippen LogP contribution is -2.46. The van der Waals surface area contributed by atoms with Crippen LogP contribution < -0.4 is 0 Å². The first-order chi connectivity index (χ1) is 10.2. The molecule has 0 saturated heterocycles. The van der Waals surface area contributed by atoms with Crippen LogP contribution in [0.1, 0.15) is 32.8 Å². The Morgan fingerprint density at radius 2 is 1.82 bits per heavy atom. The number of carbonyl (C=O) groups excluding carboxylic acids is 1. The van der Waals surface area contributed by atoms with E-state index in [2.05, 4.69) is 33.9 Å². The number of ether oxygens (including phenoxy) is 1. The lowest BCUT2D eigenvalue weighted by Gasteiger charge is -2.38. The fourth-order valence-electron chi connectivity index (χ4n) is 1.70. The zero-order valence-corrected chi connectivity index (χ0v) is 15.3. The number of aliphatic hydroxyl groups is 1. The van der Waals surface area contributed by atoms with Crippen LogP contribution in [-0.4, -0.2) is 32.1 Å². The van der Waals surface area contributed by atoms with Crippen LogP contribution in [0.3, 0.4) is 0 Å². The van der Waals surface area contributed by atoms with Crippen LogP contribution in [0.15, 0.2) is 30.3 Å². The molecule has 5 heteroatoms. The second kappa shape index (κ2) is 7.90. The maximum absolute atomic E-state index is 12.3. The fourth-order valence-corrected chi connectivity index (χ4v) is 2.98. The average Bonchev–Trinajstić information content (AvgIpc) is 2.44. The van der Waals surface area contributed by atoms with Crippen molar-refractivity contribution in [2.45, 2.75) is 58.0 Å². The van der Waals surface area contributed by atoms with Crippen LogP contribution in [0.5, 0.6) is 0 Å². The van der Waals surface area contributed by atoms with Gasteiger partial charge in [0.05, 0.1) is 0 Å². The van der Waals surface area contributed by atoms with Gasteiger partial charge in [-0.3, -0.25) is 0 Å². The Bertz CT molecular complexity index is 465. The third kappa shape index (κ3) is 5.55. The molecule has 0 aliphatic heterocycles. The monoisotopic (exact) mass is 324 g/mol. The molecule has 0 heterocycles. The number of hydrogen-bond acceptors (Lipinski definition) is 4. The van der Waals surface area contributed by atoms with E-state index in [9.17, 15) is 9.90 Å². The summed E-state index contributed by atoms with van der Waals surface area (Å²) in [7, 11) is -2.09. The molecule has 1 rings (SSSR count). The third-order valence-electron chi connectivity index (χ3n) is 4.12. The van der Waals surface area contributed by atoms with Crippen molar-refractivity contribution in [2.24, 2.45) is 0 Å². The Balaban J connectivity index is 2.67. The Hall–Kier alpha value is -1.17. The second-order valence-corrected chi connectivity index (χ2v) is 11.7. The molecule has 22 heavy (non-hydrogen) atoms. The molecular formula is C17H28O4Si. The zero-order chi connectivity index (χ0) is 16.8. The highest BCUT2D eigenvalue weighted by Gasteiger charge is 2.40. The van der Waals surface area contributed by atoms with E-state index in [1.807, 2.05) is 30.3 Å². The van der Waals surface area contributed by atoms with Crippen LogP contribution >= 0.6 is 0 Å². The molecule has 1 aromatic carbocycles. The number of rotatable bonds is 7. The Morgan fingerprint density at radius 3 is 2.32 bits per heavy atom. The van der Waals surface area contributed by atoms with Gasteiger partial charge >= 0.3 is 5.97 Å². The summed E-state index contributed by atoms with van der Waals surface area (Å²) in [5.41, 5.74) is 0.936. The fraction of sp³-hybridized carbons (Fsp3) is 0.588. The Morgan fingerprint density at radius 1 is 1.23 bits per heavy atom. The van der Waals surface area contributed by atoms with Gasteiger partial charge in [0.2, 0.25) is 0 Å². The average molecular weight is 324 g/mol. The molecule has 0 saturated carbocycles. The number of carbonyl (C=O) groups is 1. The molecule has 0 aliphatic carbocycles. The van der Waals surface area contributed by atoms with Gasteiger partial charge in [0, 0.05) is 13.0 Å². The van der Waals surface area contributed by atoms with E-state index < -0.39 is 20.4 Å². The molecule has 124 valence electrons. The summed E-state index contributed by atoms with van der Waals surface area (Å²) >= 11 is 0. The molecular weight excluding hydrogens is 296 g/mol.